The predicted octanol–water partition coefficient (Wildman–Crippen LogP) is 5.72. The molecule has 0 spiro atoms. The third-order valence-electron chi connectivity index (χ3n) is 4.60. The normalized spacial score (nSPS) is 10.6. The molecule has 0 fully saturated rings. The molecule has 1 aromatic heterocycles. The molecule has 144 valence electrons. The zero-order chi connectivity index (χ0) is 20.1. The lowest BCUT2D eigenvalue weighted by Gasteiger charge is -2.09. The van der Waals surface area contributed by atoms with Crippen LogP contribution in [-0.2, 0) is 11.2 Å². The van der Waals surface area contributed by atoms with E-state index in [4.69, 9.17) is 0 Å². The van der Waals surface area contributed by atoms with Crippen LogP contribution in [0.3, 0.4) is 0 Å². The average Bonchev–Trinajstić information content (AvgIpc) is 3.27. The number of nitrogens with one attached hydrogen (secondary N) is 2. The van der Waals surface area contributed by atoms with Gasteiger partial charge in [-0.2, -0.15) is 0 Å². The van der Waals surface area contributed by atoms with Crippen LogP contribution in [0.1, 0.15) is 21.7 Å². The molecule has 0 radical (unpaired) electrons. The number of rotatable bonds is 6. The fraction of sp³-hybridized carbons (Fsp3) is 0.0833. The summed E-state index contributed by atoms with van der Waals surface area (Å²) in [6.45, 7) is 0. The molecule has 5 heteroatoms. The molecule has 0 aliphatic heterocycles. The molecule has 0 atom stereocenters. The molecule has 0 unspecified atom stereocenters. The number of carbonyl (C=O) groups excluding carboxylic acids is 2. The first-order valence-electron chi connectivity index (χ1n) is 9.40. The molecule has 0 aliphatic rings. The van der Waals surface area contributed by atoms with Gasteiger partial charge in [-0.3, -0.25) is 9.59 Å². The van der Waals surface area contributed by atoms with Crippen LogP contribution < -0.4 is 10.6 Å². The van der Waals surface area contributed by atoms with E-state index in [-0.39, 0.29) is 11.8 Å². The second-order valence-corrected chi connectivity index (χ2v) is 7.69. The number of thiophene rings is 1. The van der Waals surface area contributed by atoms with Gasteiger partial charge in [0.25, 0.3) is 5.91 Å². The SMILES string of the molecule is O=C(CCc1ccc2ccccc2c1)Nc1cccc(NC(=O)c2cccs2)c1. The summed E-state index contributed by atoms with van der Waals surface area (Å²) < 4.78 is 0. The molecule has 4 nitrogen and oxygen atoms in total. The highest BCUT2D eigenvalue weighted by Crippen LogP contribution is 2.19. The Labute approximate surface area is 173 Å². The van der Waals surface area contributed by atoms with Crippen molar-refractivity contribution >= 4 is 45.3 Å². The first kappa shape index (κ1) is 18.9. The van der Waals surface area contributed by atoms with Gasteiger partial charge in [0.2, 0.25) is 5.91 Å². The van der Waals surface area contributed by atoms with Gasteiger partial charge < -0.3 is 10.6 Å². The summed E-state index contributed by atoms with van der Waals surface area (Å²) in [6.07, 6.45) is 1.07. The van der Waals surface area contributed by atoms with Gasteiger partial charge in [-0.1, -0.05) is 54.6 Å². The quantitative estimate of drug-likeness (QED) is 0.434. The smallest absolute Gasteiger partial charge is 0.265 e. The Morgan fingerprint density at radius 3 is 2.34 bits per heavy atom. The summed E-state index contributed by atoms with van der Waals surface area (Å²) in [6, 6.07) is 25.3. The molecular formula is C24H20N2O2S. The fourth-order valence-corrected chi connectivity index (χ4v) is 3.77. The van der Waals surface area contributed by atoms with E-state index in [1.54, 1.807) is 18.2 Å². The molecule has 0 saturated carbocycles. The van der Waals surface area contributed by atoms with Gasteiger partial charge in [0.05, 0.1) is 4.88 Å². The van der Waals surface area contributed by atoms with Crippen LogP contribution in [-0.4, -0.2) is 11.8 Å². The average molecular weight is 401 g/mol. The summed E-state index contributed by atoms with van der Waals surface area (Å²) >= 11 is 1.39. The Morgan fingerprint density at radius 2 is 1.55 bits per heavy atom. The van der Waals surface area contributed by atoms with Crippen LogP contribution in [0.5, 0.6) is 0 Å². The Kier molecular flexibility index (Phi) is 5.68. The van der Waals surface area contributed by atoms with Gasteiger partial charge in [-0.25, -0.2) is 0 Å². The van der Waals surface area contributed by atoms with Crippen molar-refractivity contribution in [3.8, 4) is 0 Å². The standard InChI is InChI=1S/C24H20N2O2S/c27-23(13-11-17-10-12-18-5-1-2-6-19(18)15-17)25-20-7-3-8-21(16-20)26-24(28)22-9-4-14-29-22/h1-10,12,14-16H,11,13H2,(H,25,27)(H,26,28). The maximum absolute atomic E-state index is 12.4. The van der Waals surface area contributed by atoms with Crippen molar-refractivity contribution < 1.29 is 9.59 Å². The molecular weight excluding hydrogens is 380 g/mol. The zero-order valence-electron chi connectivity index (χ0n) is 15.7. The van der Waals surface area contributed by atoms with Crippen LogP contribution in [0.2, 0.25) is 0 Å². The highest BCUT2D eigenvalue weighted by molar-refractivity contribution is 7.12. The van der Waals surface area contributed by atoms with Crippen LogP contribution in [0.4, 0.5) is 11.4 Å². The molecule has 1 heterocycles. The van der Waals surface area contributed by atoms with Gasteiger partial charge in [0.1, 0.15) is 0 Å². The molecule has 0 aliphatic carbocycles. The minimum Gasteiger partial charge on any atom is -0.326 e. The lowest BCUT2D eigenvalue weighted by atomic mass is 10.0. The Morgan fingerprint density at radius 1 is 0.759 bits per heavy atom. The van der Waals surface area contributed by atoms with E-state index in [2.05, 4.69) is 41.0 Å². The summed E-state index contributed by atoms with van der Waals surface area (Å²) in [4.78, 5) is 25.2. The van der Waals surface area contributed by atoms with E-state index in [0.29, 0.717) is 29.1 Å². The van der Waals surface area contributed by atoms with E-state index in [9.17, 15) is 9.59 Å². The number of fused-ring (bicyclic) bond motifs is 1. The first-order valence-corrected chi connectivity index (χ1v) is 10.3. The molecule has 3 aromatic carbocycles. The molecule has 2 N–H and O–H groups in total. The molecule has 2 amide bonds. The maximum Gasteiger partial charge on any atom is 0.265 e. The third kappa shape index (κ3) is 4.89. The highest BCUT2D eigenvalue weighted by atomic mass is 32.1. The van der Waals surface area contributed by atoms with Gasteiger partial charge in [0.15, 0.2) is 0 Å². The van der Waals surface area contributed by atoms with Crippen LogP contribution in [0.15, 0.2) is 84.2 Å². The monoisotopic (exact) mass is 400 g/mol. The van der Waals surface area contributed by atoms with Crippen molar-refractivity contribution in [2.45, 2.75) is 12.8 Å². The minimum atomic E-state index is -0.153. The zero-order valence-corrected chi connectivity index (χ0v) is 16.5. The fourth-order valence-electron chi connectivity index (χ4n) is 3.15. The van der Waals surface area contributed by atoms with Crippen molar-refractivity contribution in [1.29, 1.82) is 0 Å². The summed E-state index contributed by atoms with van der Waals surface area (Å²) in [5.41, 5.74) is 2.45. The van der Waals surface area contributed by atoms with Crippen molar-refractivity contribution in [3.63, 3.8) is 0 Å². The van der Waals surface area contributed by atoms with E-state index in [1.807, 2.05) is 35.7 Å². The molecule has 29 heavy (non-hydrogen) atoms. The number of aryl methyl sites for hydroxylation is 1. The van der Waals surface area contributed by atoms with Crippen molar-refractivity contribution in [2.24, 2.45) is 0 Å². The number of amides is 2. The van der Waals surface area contributed by atoms with Crippen molar-refractivity contribution in [2.75, 3.05) is 10.6 Å². The van der Waals surface area contributed by atoms with Crippen molar-refractivity contribution in [1.82, 2.24) is 0 Å². The molecule has 4 rings (SSSR count). The summed E-state index contributed by atoms with van der Waals surface area (Å²) in [5.74, 6) is -0.209. The Bertz CT molecular complexity index is 1150. The first-order chi connectivity index (χ1) is 14.2. The van der Waals surface area contributed by atoms with Gasteiger partial charge >= 0.3 is 0 Å². The lowest BCUT2D eigenvalue weighted by molar-refractivity contribution is -0.116. The Balaban J connectivity index is 1.34. The second-order valence-electron chi connectivity index (χ2n) is 6.74. The summed E-state index contributed by atoms with van der Waals surface area (Å²) in [5, 5.41) is 10.0. The number of hydrogen-bond donors (Lipinski definition) is 2. The van der Waals surface area contributed by atoms with Gasteiger partial charge in [0, 0.05) is 17.8 Å². The molecule has 0 saturated heterocycles. The Hall–Kier alpha value is -3.44. The number of carbonyl (C=O) groups is 2. The highest BCUT2D eigenvalue weighted by Gasteiger charge is 2.08. The maximum atomic E-state index is 12.4. The van der Waals surface area contributed by atoms with Crippen LogP contribution in [0.25, 0.3) is 10.8 Å². The van der Waals surface area contributed by atoms with Gasteiger partial charge in [-0.05, 0) is 52.4 Å². The number of hydrogen-bond acceptors (Lipinski definition) is 3. The van der Waals surface area contributed by atoms with E-state index >= 15 is 0 Å². The third-order valence-corrected chi connectivity index (χ3v) is 5.47. The second kappa shape index (κ2) is 8.71. The lowest BCUT2D eigenvalue weighted by Crippen LogP contribution is -2.13. The van der Waals surface area contributed by atoms with Crippen molar-refractivity contribution in [3.05, 3.63) is 94.7 Å². The largest absolute Gasteiger partial charge is 0.326 e. The van der Waals surface area contributed by atoms with E-state index < -0.39 is 0 Å². The number of benzene rings is 3. The minimum absolute atomic E-state index is 0.0557. The van der Waals surface area contributed by atoms with E-state index in [1.165, 1.54) is 22.1 Å². The molecule has 0 bridgehead atoms. The predicted molar refractivity (Wildman–Crippen MR) is 120 cm³/mol. The van der Waals surface area contributed by atoms with E-state index in [0.717, 1.165) is 5.56 Å². The topological polar surface area (TPSA) is 58.2 Å². The molecule has 4 aromatic rings. The van der Waals surface area contributed by atoms with Gasteiger partial charge in [-0.15, -0.1) is 11.3 Å². The summed E-state index contributed by atoms with van der Waals surface area (Å²) in [7, 11) is 0. The van der Waals surface area contributed by atoms with Crippen LogP contribution >= 0.6 is 11.3 Å². The van der Waals surface area contributed by atoms with Crippen LogP contribution in [0, 0.1) is 0 Å². The number of anilines is 2.